The lowest BCUT2D eigenvalue weighted by Gasteiger charge is -2.22. The van der Waals surface area contributed by atoms with E-state index in [1.54, 1.807) is 31.4 Å². The van der Waals surface area contributed by atoms with Crippen molar-refractivity contribution >= 4 is 11.8 Å². The van der Waals surface area contributed by atoms with Crippen molar-refractivity contribution < 1.29 is 14.3 Å². The zero-order valence-electron chi connectivity index (χ0n) is 14.2. The Morgan fingerprint density at radius 1 is 0.958 bits per heavy atom. The Labute approximate surface area is 143 Å². The van der Waals surface area contributed by atoms with Crippen LogP contribution in [0.5, 0.6) is 5.75 Å². The van der Waals surface area contributed by atoms with E-state index in [1.807, 2.05) is 0 Å². The molecule has 24 heavy (non-hydrogen) atoms. The summed E-state index contributed by atoms with van der Waals surface area (Å²) in [7, 11) is 1.60. The molecule has 5 nitrogen and oxygen atoms in total. The van der Waals surface area contributed by atoms with Gasteiger partial charge in [0.15, 0.2) is 0 Å². The number of benzene rings is 1. The number of ether oxygens (including phenoxy) is 1. The molecule has 0 bridgehead atoms. The highest BCUT2D eigenvalue weighted by Gasteiger charge is 2.35. The third kappa shape index (κ3) is 3.89. The zero-order chi connectivity index (χ0) is 16.9. The van der Waals surface area contributed by atoms with Crippen LogP contribution in [0.4, 0.5) is 0 Å². The molecular formula is C19H26N2O3. The Balaban J connectivity index is 1.58. The number of nitrogens with one attached hydrogen (secondary N) is 2. The molecule has 2 amide bonds. The van der Waals surface area contributed by atoms with Gasteiger partial charge in [0.05, 0.1) is 13.0 Å². The number of hydrogen-bond acceptors (Lipinski definition) is 3. The summed E-state index contributed by atoms with van der Waals surface area (Å²) in [6, 6.07) is 7.30. The van der Waals surface area contributed by atoms with E-state index in [4.69, 9.17) is 4.74 Å². The average molecular weight is 330 g/mol. The highest BCUT2D eigenvalue weighted by molar-refractivity contribution is 5.95. The van der Waals surface area contributed by atoms with Crippen LogP contribution in [-0.4, -0.2) is 31.0 Å². The Hall–Kier alpha value is -2.04. The first-order chi connectivity index (χ1) is 11.7. The molecule has 1 aromatic rings. The van der Waals surface area contributed by atoms with E-state index in [-0.39, 0.29) is 23.8 Å². The van der Waals surface area contributed by atoms with Gasteiger partial charge in [-0.3, -0.25) is 9.59 Å². The molecule has 0 unspecified atom stereocenters. The van der Waals surface area contributed by atoms with Crippen molar-refractivity contribution in [3.63, 3.8) is 0 Å². The molecule has 2 atom stereocenters. The summed E-state index contributed by atoms with van der Waals surface area (Å²) in [4.78, 5) is 25.0. The van der Waals surface area contributed by atoms with Gasteiger partial charge in [0, 0.05) is 17.6 Å². The van der Waals surface area contributed by atoms with E-state index in [0.29, 0.717) is 11.6 Å². The Kier molecular flexibility index (Phi) is 5.38. The van der Waals surface area contributed by atoms with E-state index in [1.165, 1.54) is 12.8 Å². The molecule has 5 heteroatoms. The largest absolute Gasteiger partial charge is 0.497 e. The minimum Gasteiger partial charge on any atom is -0.497 e. The first kappa shape index (κ1) is 16.8. The Morgan fingerprint density at radius 2 is 1.67 bits per heavy atom. The molecule has 0 heterocycles. The molecule has 0 aliphatic heterocycles. The molecule has 0 radical (unpaired) electrons. The highest BCUT2D eigenvalue weighted by atomic mass is 16.5. The number of amides is 2. The number of methoxy groups -OCH3 is 1. The van der Waals surface area contributed by atoms with Crippen LogP contribution in [0.3, 0.4) is 0 Å². The molecule has 1 aromatic carbocycles. The van der Waals surface area contributed by atoms with Gasteiger partial charge in [-0.25, -0.2) is 0 Å². The normalized spacial score (nSPS) is 23.9. The maximum Gasteiger partial charge on any atom is 0.251 e. The van der Waals surface area contributed by atoms with Crippen LogP contribution >= 0.6 is 0 Å². The third-order valence-electron chi connectivity index (χ3n) is 5.22. The molecule has 2 aliphatic carbocycles. The van der Waals surface area contributed by atoms with Gasteiger partial charge in [-0.15, -0.1) is 0 Å². The average Bonchev–Trinajstić information content (AvgIpc) is 3.26. The van der Waals surface area contributed by atoms with Crippen LogP contribution in [-0.2, 0) is 4.79 Å². The zero-order valence-corrected chi connectivity index (χ0v) is 14.2. The maximum absolute atomic E-state index is 12.5. The minimum atomic E-state index is -0.122. The Morgan fingerprint density at radius 3 is 2.33 bits per heavy atom. The molecule has 3 rings (SSSR count). The second kappa shape index (κ2) is 7.69. The van der Waals surface area contributed by atoms with Gasteiger partial charge in [0.1, 0.15) is 5.75 Å². The molecular weight excluding hydrogens is 304 g/mol. The number of carbonyl (C=O) groups excluding carboxylic acids is 2. The molecule has 0 saturated heterocycles. The topological polar surface area (TPSA) is 67.4 Å². The van der Waals surface area contributed by atoms with E-state index in [0.717, 1.165) is 37.9 Å². The molecule has 130 valence electrons. The summed E-state index contributed by atoms with van der Waals surface area (Å²) in [5.74, 6) is 0.608. The first-order valence-corrected chi connectivity index (χ1v) is 8.92. The summed E-state index contributed by atoms with van der Waals surface area (Å²) in [6.45, 7) is 0. The molecule has 2 aliphatic rings. The van der Waals surface area contributed by atoms with Crippen molar-refractivity contribution in [3.05, 3.63) is 29.8 Å². The predicted octanol–water partition coefficient (Wildman–Crippen LogP) is 2.65. The summed E-state index contributed by atoms with van der Waals surface area (Å²) in [6.07, 6.45) is 7.27. The van der Waals surface area contributed by atoms with Gasteiger partial charge in [-0.05, 0) is 49.9 Å². The summed E-state index contributed by atoms with van der Waals surface area (Å²) in [5.41, 5.74) is 0.595. The molecule has 0 spiro atoms. The molecule has 2 fully saturated rings. The van der Waals surface area contributed by atoms with Crippen molar-refractivity contribution in [2.75, 3.05) is 7.11 Å². The van der Waals surface area contributed by atoms with E-state index >= 15 is 0 Å². The van der Waals surface area contributed by atoms with Crippen LogP contribution in [0.1, 0.15) is 55.3 Å². The van der Waals surface area contributed by atoms with Crippen LogP contribution in [0, 0.1) is 5.92 Å². The van der Waals surface area contributed by atoms with Gasteiger partial charge in [-0.2, -0.15) is 0 Å². The van der Waals surface area contributed by atoms with Crippen molar-refractivity contribution in [3.8, 4) is 5.75 Å². The van der Waals surface area contributed by atoms with Crippen LogP contribution < -0.4 is 15.4 Å². The van der Waals surface area contributed by atoms with Gasteiger partial charge in [-0.1, -0.05) is 19.3 Å². The third-order valence-corrected chi connectivity index (χ3v) is 5.22. The SMILES string of the molecule is COc1ccc(C(=O)N[C@@H]2CCC[C@@H]2C(=O)NC2CCCC2)cc1. The van der Waals surface area contributed by atoms with E-state index < -0.39 is 0 Å². The molecule has 2 N–H and O–H groups in total. The van der Waals surface area contributed by atoms with Crippen molar-refractivity contribution in [2.45, 2.75) is 57.0 Å². The van der Waals surface area contributed by atoms with Gasteiger partial charge in [0.25, 0.3) is 5.91 Å². The quantitative estimate of drug-likeness (QED) is 0.872. The fourth-order valence-corrected chi connectivity index (χ4v) is 3.82. The van der Waals surface area contributed by atoms with Crippen LogP contribution in [0.15, 0.2) is 24.3 Å². The number of hydrogen-bond donors (Lipinski definition) is 2. The maximum atomic E-state index is 12.5. The summed E-state index contributed by atoms with van der Waals surface area (Å²) in [5, 5.41) is 6.22. The summed E-state index contributed by atoms with van der Waals surface area (Å²) >= 11 is 0. The highest BCUT2D eigenvalue weighted by Crippen LogP contribution is 2.27. The van der Waals surface area contributed by atoms with Crippen LogP contribution in [0.2, 0.25) is 0 Å². The van der Waals surface area contributed by atoms with Crippen LogP contribution in [0.25, 0.3) is 0 Å². The molecule has 2 saturated carbocycles. The van der Waals surface area contributed by atoms with Gasteiger partial charge < -0.3 is 15.4 Å². The second-order valence-electron chi connectivity index (χ2n) is 6.84. The fourth-order valence-electron chi connectivity index (χ4n) is 3.82. The minimum absolute atomic E-state index is 0.0685. The van der Waals surface area contributed by atoms with Gasteiger partial charge in [0.2, 0.25) is 5.91 Å². The van der Waals surface area contributed by atoms with Crippen molar-refractivity contribution in [2.24, 2.45) is 5.92 Å². The lowest BCUT2D eigenvalue weighted by atomic mass is 10.0. The first-order valence-electron chi connectivity index (χ1n) is 8.92. The predicted molar refractivity (Wildman–Crippen MR) is 92.0 cm³/mol. The van der Waals surface area contributed by atoms with Gasteiger partial charge >= 0.3 is 0 Å². The number of carbonyl (C=O) groups is 2. The van der Waals surface area contributed by atoms with Crippen molar-refractivity contribution in [1.82, 2.24) is 10.6 Å². The standard InChI is InChI=1S/C19H26N2O3/c1-24-15-11-9-13(10-12-15)18(22)21-17-8-4-7-16(17)19(23)20-14-5-2-3-6-14/h9-12,14,16-17H,2-8H2,1H3,(H,20,23)(H,21,22)/t16-,17+/m0/s1. The van der Waals surface area contributed by atoms with Crippen molar-refractivity contribution in [1.29, 1.82) is 0 Å². The lowest BCUT2D eigenvalue weighted by molar-refractivity contribution is -0.126. The Bertz CT molecular complexity index is 579. The van der Waals surface area contributed by atoms with E-state index in [9.17, 15) is 9.59 Å². The fraction of sp³-hybridized carbons (Fsp3) is 0.579. The van der Waals surface area contributed by atoms with E-state index in [2.05, 4.69) is 10.6 Å². The second-order valence-corrected chi connectivity index (χ2v) is 6.84. The lowest BCUT2D eigenvalue weighted by Crippen LogP contribution is -2.46. The molecule has 0 aromatic heterocycles. The number of rotatable bonds is 5. The summed E-state index contributed by atoms with van der Waals surface area (Å²) < 4.78 is 5.11. The smallest absolute Gasteiger partial charge is 0.251 e. The monoisotopic (exact) mass is 330 g/mol.